The fourth-order valence-electron chi connectivity index (χ4n) is 3.41. The molecule has 1 aromatic heterocycles. The van der Waals surface area contributed by atoms with Gasteiger partial charge in [-0.05, 0) is 44.0 Å². The minimum absolute atomic E-state index is 0.0491. The summed E-state index contributed by atoms with van der Waals surface area (Å²) in [7, 11) is 0. The van der Waals surface area contributed by atoms with Crippen LogP contribution in [0.4, 0.5) is 5.69 Å². The zero-order valence-corrected chi connectivity index (χ0v) is 15.4. The molecule has 0 aliphatic carbocycles. The summed E-state index contributed by atoms with van der Waals surface area (Å²) in [6, 6.07) is 13.8. The Hall–Kier alpha value is -2.87. The highest BCUT2D eigenvalue weighted by molar-refractivity contribution is 5.95. The highest BCUT2D eigenvalue weighted by atomic mass is 16.2. The molecular formula is C21H24N4O. The smallest absolute Gasteiger partial charge is 0.255 e. The number of carbonyl (C=O) groups excluding carboxylic acids is 1. The van der Waals surface area contributed by atoms with Gasteiger partial charge in [-0.25, -0.2) is 0 Å². The summed E-state index contributed by atoms with van der Waals surface area (Å²) in [5.41, 5.74) is 4.13. The normalized spacial score (nSPS) is 14.7. The molecule has 1 saturated heterocycles. The summed E-state index contributed by atoms with van der Waals surface area (Å²) in [6.45, 7) is 6.90. The van der Waals surface area contributed by atoms with Gasteiger partial charge in [-0.3, -0.25) is 9.78 Å². The van der Waals surface area contributed by atoms with E-state index in [-0.39, 0.29) is 5.91 Å². The Morgan fingerprint density at radius 3 is 2.69 bits per heavy atom. The second-order valence-electron chi connectivity index (χ2n) is 6.55. The van der Waals surface area contributed by atoms with Crippen molar-refractivity contribution < 1.29 is 4.79 Å². The zero-order valence-electron chi connectivity index (χ0n) is 15.4. The van der Waals surface area contributed by atoms with Crippen molar-refractivity contribution in [1.82, 2.24) is 9.88 Å². The first-order chi connectivity index (χ1) is 12.6. The molecule has 134 valence electrons. The molecule has 1 fully saturated rings. The van der Waals surface area contributed by atoms with E-state index < -0.39 is 0 Å². The number of aromatic nitrogens is 1. The predicted molar refractivity (Wildman–Crippen MR) is 102 cm³/mol. The van der Waals surface area contributed by atoms with Crippen LogP contribution < -0.4 is 4.90 Å². The van der Waals surface area contributed by atoms with Crippen LogP contribution in [0, 0.1) is 18.3 Å². The van der Waals surface area contributed by atoms with E-state index in [0.29, 0.717) is 17.7 Å². The number of hydrogen-bond acceptors (Lipinski definition) is 4. The summed E-state index contributed by atoms with van der Waals surface area (Å²) in [5, 5.41) is 9.33. The van der Waals surface area contributed by atoms with E-state index in [9.17, 15) is 10.1 Å². The van der Waals surface area contributed by atoms with Crippen LogP contribution >= 0.6 is 0 Å². The Morgan fingerprint density at radius 2 is 1.96 bits per heavy atom. The lowest BCUT2D eigenvalue weighted by Crippen LogP contribution is -2.35. The van der Waals surface area contributed by atoms with Crippen LogP contribution in [-0.4, -0.2) is 42.0 Å². The third-order valence-corrected chi connectivity index (χ3v) is 4.88. The van der Waals surface area contributed by atoms with E-state index in [2.05, 4.69) is 22.9 Å². The number of nitriles is 1. The number of amides is 1. The molecule has 0 radical (unpaired) electrons. The molecule has 5 heteroatoms. The van der Waals surface area contributed by atoms with Gasteiger partial charge in [0.1, 0.15) is 6.07 Å². The molecule has 0 spiro atoms. The molecule has 1 aliphatic rings. The first-order valence-corrected chi connectivity index (χ1v) is 9.14. The Bertz CT molecular complexity index is 840. The van der Waals surface area contributed by atoms with Crippen LogP contribution in [-0.2, 0) is 6.42 Å². The van der Waals surface area contributed by atoms with Gasteiger partial charge in [0.15, 0.2) is 0 Å². The molecule has 5 nitrogen and oxygen atoms in total. The van der Waals surface area contributed by atoms with Crippen molar-refractivity contribution in [2.75, 3.05) is 31.1 Å². The van der Waals surface area contributed by atoms with Gasteiger partial charge in [-0.2, -0.15) is 5.26 Å². The van der Waals surface area contributed by atoms with Crippen LogP contribution in [0.25, 0.3) is 0 Å². The lowest BCUT2D eigenvalue weighted by atomic mass is 10.1. The van der Waals surface area contributed by atoms with E-state index in [1.54, 1.807) is 0 Å². The average Bonchev–Trinajstić information content (AvgIpc) is 2.93. The molecule has 0 N–H and O–H groups in total. The lowest BCUT2D eigenvalue weighted by Gasteiger charge is -2.24. The second kappa shape index (κ2) is 8.01. The molecule has 0 atom stereocenters. The summed E-state index contributed by atoms with van der Waals surface area (Å²) in [4.78, 5) is 21.6. The van der Waals surface area contributed by atoms with Gasteiger partial charge in [0.2, 0.25) is 0 Å². The maximum Gasteiger partial charge on any atom is 0.255 e. The highest BCUT2D eigenvalue weighted by Gasteiger charge is 2.23. The number of pyridine rings is 1. The van der Waals surface area contributed by atoms with Gasteiger partial charge in [-0.15, -0.1) is 0 Å². The molecular weight excluding hydrogens is 324 g/mol. The number of nitrogens with zero attached hydrogens (tertiary/aromatic N) is 4. The number of aryl methyl sites for hydroxylation is 2. The van der Waals surface area contributed by atoms with E-state index in [4.69, 9.17) is 0 Å². The van der Waals surface area contributed by atoms with Crippen LogP contribution in [0.15, 0.2) is 36.4 Å². The maximum atomic E-state index is 13.0. The van der Waals surface area contributed by atoms with Crippen molar-refractivity contribution in [2.24, 2.45) is 0 Å². The van der Waals surface area contributed by atoms with E-state index >= 15 is 0 Å². The van der Waals surface area contributed by atoms with Crippen molar-refractivity contribution >= 4 is 11.6 Å². The fourth-order valence-corrected chi connectivity index (χ4v) is 3.41. The number of carbonyl (C=O) groups is 1. The Kier molecular flexibility index (Phi) is 5.52. The second-order valence-corrected chi connectivity index (χ2v) is 6.55. The minimum Gasteiger partial charge on any atom is -0.369 e. The van der Waals surface area contributed by atoms with Crippen LogP contribution in [0.3, 0.4) is 0 Å². The third-order valence-electron chi connectivity index (χ3n) is 4.88. The Labute approximate surface area is 154 Å². The summed E-state index contributed by atoms with van der Waals surface area (Å²) in [6.07, 6.45) is 1.75. The minimum atomic E-state index is 0.0491. The van der Waals surface area contributed by atoms with Crippen LogP contribution in [0.2, 0.25) is 0 Å². The molecule has 2 heterocycles. The number of rotatable bonds is 3. The molecule has 1 aromatic carbocycles. The predicted octanol–water partition coefficient (Wildman–Crippen LogP) is 3.18. The molecule has 0 saturated carbocycles. The number of hydrogen-bond donors (Lipinski definition) is 0. The maximum absolute atomic E-state index is 13.0. The van der Waals surface area contributed by atoms with Crippen molar-refractivity contribution in [3.63, 3.8) is 0 Å². The Balaban J connectivity index is 1.74. The standard InChI is InChI=1S/C21H24N4O/c1-3-18-9-10-19(16(2)23-18)21(26)25-12-6-11-24(13-14-25)20-8-5-4-7-17(20)15-22/h4-5,7-10H,3,6,11-14H2,1-2H3. The number of anilines is 1. The van der Waals surface area contributed by atoms with Gasteiger partial charge < -0.3 is 9.80 Å². The van der Waals surface area contributed by atoms with Crippen molar-refractivity contribution in [3.05, 3.63) is 58.9 Å². The van der Waals surface area contributed by atoms with E-state index in [0.717, 1.165) is 49.6 Å². The summed E-state index contributed by atoms with van der Waals surface area (Å²) in [5.74, 6) is 0.0491. The van der Waals surface area contributed by atoms with E-state index in [1.807, 2.05) is 48.2 Å². The highest BCUT2D eigenvalue weighted by Crippen LogP contribution is 2.22. The molecule has 2 aromatic rings. The van der Waals surface area contributed by atoms with Gasteiger partial charge in [0.25, 0.3) is 5.91 Å². The van der Waals surface area contributed by atoms with Crippen molar-refractivity contribution in [2.45, 2.75) is 26.7 Å². The van der Waals surface area contributed by atoms with Crippen molar-refractivity contribution in [3.8, 4) is 6.07 Å². The third kappa shape index (κ3) is 3.70. The lowest BCUT2D eigenvalue weighted by molar-refractivity contribution is 0.0766. The molecule has 26 heavy (non-hydrogen) atoms. The van der Waals surface area contributed by atoms with Crippen LogP contribution in [0.5, 0.6) is 0 Å². The van der Waals surface area contributed by atoms with E-state index in [1.165, 1.54) is 0 Å². The molecule has 3 rings (SSSR count). The SMILES string of the molecule is CCc1ccc(C(=O)N2CCCN(c3ccccc3C#N)CC2)c(C)n1. The fraction of sp³-hybridized carbons (Fsp3) is 0.381. The van der Waals surface area contributed by atoms with Gasteiger partial charge in [0.05, 0.1) is 22.5 Å². The van der Waals surface area contributed by atoms with Crippen molar-refractivity contribution in [1.29, 1.82) is 5.26 Å². The quantitative estimate of drug-likeness (QED) is 0.855. The average molecular weight is 348 g/mol. The first kappa shape index (κ1) is 17.9. The number of para-hydroxylation sites is 1. The zero-order chi connectivity index (χ0) is 18.5. The monoisotopic (exact) mass is 348 g/mol. The Morgan fingerprint density at radius 1 is 1.15 bits per heavy atom. The molecule has 1 amide bonds. The molecule has 1 aliphatic heterocycles. The van der Waals surface area contributed by atoms with Crippen LogP contribution in [0.1, 0.15) is 40.7 Å². The van der Waals surface area contributed by atoms with Gasteiger partial charge in [-0.1, -0.05) is 19.1 Å². The number of benzene rings is 1. The van der Waals surface area contributed by atoms with Gasteiger partial charge in [0, 0.05) is 31.9 Å². The molecule has 0 bridgehead atoms. The summed E-state index contributed by atoms with van der Waals surface area (Å²) >= 11 is 0. The van der Waals surface area contributed by atoms with Gasteiger partial charge >= 0.3 is 0 Å². The largest absolute Gasteiger partial charge is 0.369 e. The first-order valence-electron chi connectivity index (χ1n) is 9.14. The summed E-state index contributed by atoms with van der Waals surface area (Å²) < 4.78 is 0. The molecule has 0 unspecified atom stereocenters. The topological polar surface area (TPSA) is 60.2 Å².